The van der Waals surface area contributed by atoms with Crippen molar-refractivity contribution in [2.75, 3.05) is 24.7 Å². The maximum atomic E-state index is 5.44. The van der Waals surface area contributed by atoms with E-state index in [9.17, 15) is 0 Å². The van der Waals surface area contributed by atoms with Gasteiger partial charge in [0.2, 0.25) is 0 Å². The Hall–Kier alpha value is 0.310. The smallest absolute Gasteiger partial charge is 0.0498 e. The SMILES string of the molecule is C1CC2COCC2CCS1. The summed E-state index contributed by atoms with van der Waals surface area (Å²) in [6, 6.07) is 0. The standard InChI is InChI=1S/C8H14OS/c1-3-10-4-2-8-6-9-5-7(1)8/h7-8H,1-6H2. The quantitative estimate of drug-likeness (QED) is 0.531. The Morgan fingerprint density at radius 1 is 1.00 bits per heavy atom. The van der Waals surface area contributed by atoms with E-state index in [1.165, 1.54) is 24.3 Å². The van der Waals surface area contributed by atoms with Crippen LogP contribution in [-0.4, -0.2) is 24.7 Å². The molecule has 0 aromatic carbocycles. The fraction of sp³-hybridized carbons (Fsp3) is 1.00. The van der Waals surface area contributed by atoms with Crippen LogP contribution >= 0.6 is 11.8 Å². The highest BCUT2D eigenvalue weighted by Crippen LogP contribution is 2.32. The third-order valence-electron chi connectivity index (χ3n) is 2.60. The molecule has 0 bridgehead atoms. The van der Waals surface area contributed by atoms with Crippen molar-refractivity contribution in [1.29, 1.82) is 0 Å². The van der Waals surface area contributed by atoms with Crippen LogP contribution < -0.4 is 0 Å². The molecule has 1 nitrogen and oxygen atoms in total. The molecule has 0 aromatic rings. The summed E-state index contributed by atoms with van der Waals surface area (Å²) < 4.78 is 5.44. The summed E-state index contributed by atoms with van der Waals surface area (Å²) in [5.41, 5.74) is 0. The minimum atomic E-state index is 0.912. The number of rotatable bonds is 0. The van der Waals surface area contributed by atoms with Crippen LogP contribution in [0.5, 0.6) is 0 Å². The molecule has 0 aliphatic carbocycles. The van der Waals surface area contributed by atoms with Gasteiger partial charge in [-0.25, -0.2) is 0 Å². The lowest BCUT2D eigenvalue weighted by Gasteiger charge is -2.10. The Morgan fingerprint density at radius 2 is 1.60 bits per heavy atom. The van der Waals surface area contributed by atoms with Crippen LogP contribution in [0.25, 0.3) is 0 Å². The summed E-state index contributed by atoms with van der Waals surface area (Å²) in [6.45, 7) is 2.09. The third-order valence-corrected chi connectivity index (χ3v) is 3.65. The highest BCUT2D eigenvalue weighted by atomic mass is 32.2. The summed E-state index contributed by atoms with van der Waals surface area (Å²) in [5.74, 6) is 4.56. The highest BCUT2D eigenvalue weighted by Gasteiger charge is 2.28. The van der Waals surface area contributed by atoms with Crippen LogP contribution in [-0.2, 0) is 4.74 Å². The molecular formula is C8H14OS. The fourth-order valence-corrected chi connectivity index (χ4v) is 3.00. The summed E-state index contributed by atoms with van der Waals surface area (Å²) >= 11 is 2.12. The van der Waals surface area contributed by atoms with Gasteiger partial charge < -0.3 is 4.74 Å². The summed E-state index contributed by atoms with van der Waals surface area (Å²) in [7, 11) is 0. The molecule has 0 amide bonds. The molecule has 2 heteroatoms. The van der Waals surface area contributed by atoms with E-state index in [-0.39, 0.29) is 0 Å². The van der Waals surface area contributed by atoms with Crippen molar-refractivity contribution in [3.05, 3.63) is 0 Å². The van der Waals surface area contributed by atoms with Gasteiger partial charge in [-0.2, -0.15) is 11.8 Å². The molecule has 2 rings (SSSR count). The molecule has 0 saturated carbocycles. The van der Waals surface area contributed by atoms with Crippen molar-refractivity contribution in [2.45, 2.75) is 12.8 Å². The third kappa shape index (κ3) is 1.32. The van der Waals surface area contributed by atoms with Crippen LogP contribution in [0.4, 0.5) is 0 Å². The molecule has 2 saturated heterocycles. The van der Waals surface area contributed by atoms with Crippen molar-refractivity contribution in [1.82, 2.24) is 0 Å². The van der Waals surface area contributed by atoms with E-state index in [2.05, 4.69) is 11.8 Å². The fourth-order valence-electron chi connectivity index (χ4n) is 1.85. The number of hydrogen-bond donors (Lipinski definition) is 0. The van der Waals surface area contributed by atoms with Gasteiger partial charge in [0.15, 0.2) is 0 Å². The zero-order chi connectivity index (χ0) is 6.81. The van der Waals surface area contributed by atoms with E-state index < -0.39 is 0 Å². The first-order valence-electron chi connectivity index (χ1n) is 4.12. The Labute approximate surface area is 66.5 Å². The summed E-state index contributed by atoms with van der Waals surface area (Å²) in [6.07, 6.45) is 2.80. The predicted octanol–water partition coefficient (Wildman–Crippen LogP) is 1.78. The van der Waals surface area contributed by atoms with Crippen LogP contribution in [0.1, 0.15) is 12.8 Å². The first-order valence-corrected chi connectivity index (χ1v) is 5.28. The lowest BCUT2D eigenvalue weighted by Crippen LogP contribution is -2.10. The second-order valence-corrected chi connectivity index (χ2v) is 4.47. The Balaban J connectivity index is 1.95. The van der Waals surface area contributed by atoms with E-state index in [0.29, 0.717) is 0 Å². The van der Waals surface area contributed by atoms with Crippen LogP contribution in [0, 0.1) is 11.8 Å². The van der Waals surface area contributed by atoms with Gasteiger partial charge in [0, 0.05) is 13.2 Å². The van der Waals surface area contributed by atoms with Crippen molar-refractivity contribution < 1.29 is 4.74 Å². The van der Waals surface area contributed by atoms with Crippen LogP contribution in [0.3, 0.4) is 0 Å². The van der Waals surface area contributed by atoms with Crippen LogP contribution in [0.15, 0.2) is 0 Å². The zero-order valence-corrected chi connectivity index (χ0v) is 7.03. The molecule has 0 spiro atoms. The van der Waals surface area contributed by atoms with Crippen molar-refractivity contribution in [2.24, 2.45) is 11.8 Å². The molecule has 2 heterocycles. The van der Waals surface area contributed by atoms with Gasteiger partial charge in [0.05, 0.1) is 0 Å². The number of ether oxygens (including phenoxy) is 1. The first kappa shape index (κ1) is 6.99. The Kier molecular flexibility index (Phi) is 2.19. The molecule has 0 aromatic heterocycles. The number of fused-ring (bicyclic) bond motifs is 1. The van der Waals surface area contributed by atoms with Crippen LogP contribution in [0.2, 0.25) is 0 Å². The molecule has 0 radical (unpaired) electrons. The molecule has 2 fully saturated rings. The van der Waals surface area contributed by atoms with Gasteiger partial charge in [-0.1, -0.05) is 0 Å². The summed E-state index contributed by atoms with van der Waals surface area (Å²) in [5, 5.41) is 0. The number of thioether (sulfide) groups is 1. The average Bonchev–Trinajstić information content (AvgIpc) is 2.28. The molecule has 58 valence electrons. The molecule has 2 aliphatic heterocycles. The second-order valence-electron chi connectivity index (χ2n) is 3.25. The molecule has 2 unspecified atom stereocenters. The minimum absolute atomic E-state index is 0.912. The van der Waals surface area contributed by atoms with Gasteiger partial charge >= 0.3 is 0 Å². The van der Waals surface area contributed by atoms with Gasteiger partial charge in [-0.3, -0.25) is 0 Å². The van der Waals surface area contributed by atoms with E-state index in [0.717, 1.165) is 25.0 Å². The maximum Gasteiger partial charge on any atom is 0.0498 e. The van der Waals surface area contributed by atoms with E-state index >= 15 is 0 Å². The maximum absolute atomic E-state index is 5.44. The van der Waals surface area contributed by atoms with Crippen molar-refractivity contribution >= 4 is 11.8 Å². The Morgan fingerprint density at radius 3 is 2.20 bits per heavy atom. The van der Waals surface area contributed by atoms with Gasteiger partial charge in [-0.05, 0) is 36.2 Å². The molecular weight excluding hydrogens is 144 g/mol. The predicted molar refractivity (Wildman–Crippen MR) is 44.4 cm³/mol. The number of hydrogen-bond acceptors (Lipinski definition) is 2. The topological polar surface area (TPSA) is 9.23 Å². The van der Waals surface area contributed by atoms with Crippen molar-refractivity contribution in [3.63, 3.8) is 0 Å². The molecule has 10 heavy (non-hydrogen) atoms. The van der Waals surface area contributed by atoms with Crippen molar-refractivity contribution in [3.8, 4) is 0 Å². The molecule has 0 N–H and O–H groups in total. The Bertz CT molecular complexity index is 104. The normalized spacial score (nSPS) is 40.8. The summed E-state index contributed by atoms with van der Waals surface area (Å²) in [4.78, 5) is 0. The van der Waals surface area contributed by atoms with E-state index in [4.69, 9.17) is 4.74 Å². The highest BCUT2D eigenvalue weighted by molar-refractivity contribution is 7.99. The lowest BCUT2D eigenvalue weighted by atomic mass is 9.92. The minimum Gasteiger partial charge on any atom is -0.381 e. The van der Waals surface area contributed by atoms with Gasteiger partial charge in [0.25, 0.3) is 0 Å². The second kappa shape index (κ2) is 3.14. The van der Waals surface area contributed by atoms with E-state index in [1.54, 1.807) is 0 Å². The van der Waals surface area contributed by atoms with Gasteiger partial charge in [-0.15, -0.1) is 0 Å². The van der Waals surface area contributed by atoms with E-state index in [1.807, 2.05) is 0 Å². The lowest BCUT2D eigenvalue weighted by molar-refractivity contribution is 0.179. The largest absolute Gasteiger partial charge is 0.381 e. The van der Waals surface area contributed by atoms with Gasteiger partial charge in [0.1, 0.15) is 0 Å². The average molecular weight is 158 g/mol. The first-order chi connectivity index (χ1) is 4.97. The monoisotopic (exact) mass is 158 g/mol. The molecule has 2 atom stereocenters. The molecule has 2 aliphatic rings. The zero-order valence-electron chi connectivity index (χ0n) is 6.21.